The van der Waals surface area contributed by atoms with Gasteiger partial charge in [0.1, 0.15) is 0 Å². The summed E-state index contributed by atoms with van der Waals surface area (Å²) in [6.07, 6.45) is 0. The molecule has 2 aromatic carbocycles. The predicted octanol–water partition coefficient (Wildman–Crippen LogP) is 4.53. The summed E-state index contributed by atoms with van der Waals surface area (Å²) >= 11 is 3.40. The molecule has 0 saturated carbocycles. The second-order valence-corrected chi connectivity index (χ2v) is 5.55. The fraction of sp³-hybridized carbons (Fsp3) is 0.200. The van der Waals surface area contributed by atoms with Crippen molar-refractivity contribution in [2.75, 3.05) is 0 Å². The molecule has 1 nitrogen and oxygen atoms in total. The van der Waals surface area contributed by atoms with E-state index in [0.717, 1.165) is 21.7 Å². The highest BCUT2D eigenvalue weighted by atomic mass is 79.9. The van der Waals surface area contributed by atoms with Gasteiger partial charge in [-0.3, -0.25) is 0 Å². The van der Waals surface area contributed by atoms with E-state index in [4.69, 9.17) is 5.73 Å². The molecule has 20 heavy (non-hydrogen) atoms. The molecule has 0 saturated heterocycles. The van der Waals surface area contributed by atoms with E-state index >= 15 is 0 Å². The van der Waals surface area contributed by atoms with Gasteiger partial charge in [-0.25, -0.2) is 13.2 Å². The minimum atomic E-state index is -1.50. The quantitative estimate of drug-likeness (QED) is 0.796. The molecular formula is C15H13BrF3N. The van der Waals surface area contributed by atoms with E-state index in [1.165, 1.54) is 6.07 Å². The molecule has 0 aliphatic heterocycles. The normalized spacial score (nSPS) is 12.6. The zero-order valence-corrected chi connectivity index (χ0v) is 12.6. The summed E-state index contributed by atoms with van der Waals surface area (Å²) in [6, 6.07) is 4.88. The lowest BCUT2D eigenvalue weighted by Gasteiger charge is -2.18. The molecule has 2 rings (SSSR count). The van der Waals surface area contributed by atoms with Crippen LogP contribution < -0.4 is 5.73 Å². The van der Waals surface area contributed by atoms with Crippen molar-refractivity contribution in [3.63, 3.8) is 0 Å². The monoisotopic (exact) mass is 343 g/mol. The summed E-state index contributed by atoms with van der Waals surface area (Å²) < 4.78 is 41.0. The number of hydrogen-bond donors (Lipinski definition) is 1. The molecule has 0 amide bonds. The smallest absolute Gasteiger partial charge is 0.194 e. The lowest BCUT2D eigenvalue weighted by molar-refractivity contribution is 0.438. The van der Waals surface area contributed by atoms with Gasteiger partial charge in [0.25, 0.3) is 0 Å². The van der Waals surface area contributed by atoms with Crippen molar-refractivity contribution >= 4 is 15.9 Å². The van der Waals surface area contributed by atoms with E-state index in [9.17, 15) is 13.2 Å². The molecule has 0 aliphatic rings. The first-order valence-corrected chi connectivity index (χ1v) is 6.77. The van der Waals surface area contributed by atoms with Gasteiger partial charge in [0.2, 0.25) is 0 Å². The van der Waals surface area contributed by atoms with Gasteiger partial charge in [0.15, 0.2) is 17.5 Å². The largest absolute Gasteiger partial charge is 0.320 e. The molecular weight excluding hydrogens is 331 g/mol. The third-order valence-electron chi connectivity index (χ3n) is 3.28. The third-order valence-corrected chi connectivity index (χ3v) is 4.14. The fourth-order valence-corrected chi connectivity index (χ4v) is 2.54. The maximum Gasteiger partial charge on any atom is 0.194 e. The molecule has 1 unspecified atom stereocenters. The Balaban J connectivity index is 2.55. The number of rotatable bonds is 2. The zero-order valence-electron chi connectivity index (χ0n) is 11.0. The summed E-state index contributed by atoms with van der Waals surface area (Å²) in [5, 5.41) is 0. The molecule has 0 fully saturated rings. The number of hydrogen-bond acceptors (Lipinski definition) is 1. The van der Waals surface area contributed by atoms with Gasteiger partial charge < -0.3 is 5.73 Å². The Bertz CT molecular complexity index is 669. The molecule has 0 spiro atoms. The van der Waals surface area contributed by atoms with E-state index in [-0.39, 0.29) is 5.56 Å². The fourth-order valence-electron chi connectivity index (χ4n) is 2.09. The summed E-state index contributed by atoms with van der Waals surface area (Å²) in [6.45, 7) is 3.71. The van der Waals surface area contributed by atoms with Crippen molar-refractivity contribution in [2.45, 2.75) is 19.9 Å². The van der Waals surface area contributed by atoms with Crippen molar-refractivity contribution in [1.29, 1.82) is 0 Å². The predicted molar refractivity (Wildman–Crippen MR) is 76.0 cm³/mol. The molecule has 0 bridgehead atoms. The van der Waals surface area contributed by atoms with Crippen LogP contribution in [-0.4, -0.2) is 0 Å². The topological polar surface area (TPSA) is 26.0 Å². The molecule has 0 heterocycles. The zero-order chi connectivity index (χ0) is 15.0. The first-order valence-electron chi connectivity index (χ1n) is 5.98. The highest BCUT2D eigenvalue weighted by molar-refractivity contribution is 9.10. The van der Waals surface area contributed by atoms with E-state index in [1.54, 1.807) is 0 Å². The Labute approximate surface area is 123 Å². The highest BCUT2D eigenvalue weighted by Gasteiger charge is 2.21. The number of aryl methyl sites for hydroxylation is 2. The van der Waals surface area contributed by atoms with Crippen LogP contribution in [0.25, 0.3) is 0 Å². The van der Waals surface area contributed by atoms with Crippen LogP contribution in [0.2, 0.25) is 0 Å². The van der Waals surface area contributed by atoms with Crippen molar-refractivity contribution < 1.29 is 13.2 Å². The molecule has 0 aliphatic carbocycles. The molecule has 0 radical (unpaired) electrons. The van der Waals surface area contributed by atoms with Crippen LogP contribution in [0.3, 0.4) is 0 Å². The average Bonchev–Trinajstić information content (AvgIpc) is 2.40. The van der Waals surface area contributed by atoms with E-state index in [1.807, 2.05) is 26.0 Å². The van der Waals surface area contributed by atoms with Crippen molar-refractivity contribution in [3.05, 3.63) is 68.4 Å². The molecule has 106 valence electrons. The maximum absolute atomic E-state index is 13.8. The van der Waals surface area contributed by atoms with Gasteiger partial charge >= 0.3 is 0 Å². The van der Waals surface area contributed by atoms with Gasteiger partial charge in [0.05, 0.1) is 6.04 Å². The first-order chi connectivity index (χ1) is 9.32. The van der Waals surface area contributed by atoms with Gasteiger partial charge in [-0.05, 0) is 42.7 Å². The number of halogens is 4. The Hall–Kier alpha value is -1.33. The third kappa shape index (κ3) is 2.60. The van der Waals surface area contributed by atoms with E-state index < -0.39 is 23.5 Å². The summed E-state index contributed by atoms with van der Waals surface area (Å²) in [5.74, 6) is -3.95. The van der Waals surface area contributed by atoms with Gasteiger partial charge in [-0.15, -0.1) is 0 Å². The van der Waals surface area contributed by atoms with Crippen LogP contribution in [-0.2, 0) is 0 Å². The highest BCUT2D eigenvalue weighted by Crippen LogP contribution is 2.30. The lowest BCUT2D eigenvalue weighted by Crippen LogP contribution is -2.16. The molecule has 2 aromatic rings. The Kier molecular flexibility index (Phi) is 4.20. The summed E-state index contributed by atoms with van der Waals surface area (Å²) in [5.41, 5.74) is 8.41. The second-order valence-electron chi connectivity index (χ2n) is 4.70. The second kappa shape index (κ2) is 5.58. The van der Waals surface area contributed by atoms with E-state index in [2.05, 4.69) is 15.9 Å². The van der Waals surface area contributed by atoms with Crippen LogP contribution >= 0.6 is 15.9 Å². The van der Waals surface area contributed by atoms with Gasteiger partial charge in [0, 0.05) is 10.0 Å². The van der Waals surface area contributed by atoms with Crippen LogP contribution in [0, 0.1) is 31.3 Å². The Morgan fingerprint density at radius 2 is 1.60 bits per heavy atom. The minimum absolute atomic E-state index is 0.0614. The lowest BCUT2D eigenvalue weighted by atomic mass is 9.94. The van der Waals surface area contributed by atoms with Crippen LogP contribution in [0.5, 0.6) is 0 Å². The van der Waals surface area contributed by atoms with Crippen LogP contribution in [0.15, 0.2) is 28.7 Å². The summed E-state index contributed by atoms with van der Waals surface area (Å²) in [4.78, 5) is 0. The summed E-state index contributed by atoms with van der Waals surface area (Å²) in [7, 11) is 0. The molecule has 2 N–H and O–H groups in total. The first kappa shape index (κ1) is 15.1. The molecule has 1 atom stereocenters. The van der Waals surface area contributed by atoms with Crippen LogP contribution in [0.1, 0.15) is 28.3 Å². The van der Waals surface area contributed by atoms with Crippen LogP contribution in [0.4, 0.5) is 13.2 Å². The standard InChI is InChI=1S/C15H13BrF3N/c1-7-6-11(16)8(2)5-10(7)15(20)9-3-4-12(17)14(19)13(9)18/h3-6,15H,20H2,1-2H3. The van der Waals surface area contributed by atoms with Gasteiger partial charge in [-0.2, -0.15) is 0 Å². The average molecular weight is 344 g/mol. The van der Waals surface area contributed by atoms with E-state index in [0.29, 0.717) is 5.56 Å². The molecule has 5 heteroatoms. The molecule has 0 aromatic heterocycles. The van der Waals surface area contributed by atoms with Crippen molar-refractivity contribution in [2.24, 2.45) is 5.73 Å². The minimum Gasteiger partial charge on any atom is -0.320 e. The van der Waals surface area contributed by atoms with Gasteiger partial charge in [-0.1, -0.05) is 28.1 Å². The Morgan fingerprint density at radius 1 is 0.950 bits per heavy atom. The Morgan fingerprint density at radius 3 is 2.25 bits per heavy atom. The SMILES string of the molecule is Cc1cc(C(N)c2ccc(F)c(F)c2F)c(C)cc1Br. The van der Waals surface area contributed by atoms with Crippen molar-refractivity contribution in [3.8, 4) is 0 Å². The van der Waals surface area contributed by atoms with Crippen molar-refractivity contribution in [1.82, 2.24) is 0 Å². The maximum atomic E-state index is 13.8. The number of nitrogens with two attached hydrogens (primary N) is 1. The number of benzene rings is 2.